The molecular formula is C65H88FN11O6. The van der Waals surface area contributed by atoms with E-state index in [0.717, 1.165) is 40.2 Å². The minimum atomic E-state index is -0.419. The Morgan fingerprint density at radius 2 is 1.10 bits per heavy atom. The van der Waals surface area contributed by atoms with Crippen molar-refractivity contribution in [2.24, 2.45) is 0 Å². The van der Waals surface area contributed by atoms with Gasteiger partial charge >= 0.3 is 0 Å². The van der Waals surface area contributed by atoms with Crippen LogP contribution in [0.1, 0.15) is 139 Å². The van der Waals surface area contributed by atoms with Crippen molar-refractivity contribution >= 4 is 52.4 Å². The summed E-state index contributed by atoms with van der Waals surface area (Å²) in [6.07, 6.45) is 7.36. The van der Waals surface area contributed by atoms with Gasteiger partial charge in [-0.3, -0.25) is 24.9 Å². The molecule has 0 saturated heterocycles. The molecule has 0 aliphatic rings. The number of nitrogens with zero attached hydrogens (tertiary/aromatic N) is 6. The van der Waals surface area contributed by atoms with Crippen molar-refractivity contribution in [1.29, 1.82) is 10.8 Å². The lowest BCUT2D eigenvalue weighted by atomic mass is 9.86. The zero-order chi connectivity index (χ0) is 62.1. The number of fused-ring (bicyclic) bond motifs is 1. The van der Waals surface area contributed by atoms with E-state index in [2.05, 4.69) is 99.6 Å². The maximum absolute atomic E-state index is 13.5. The SMILES string of the molecule is CC.CC.CN(CCOc1ccccc1C(C)(C)C)C(=O)C(=N)c1cccnc1N.CN(CCOc1ccccc1C(C)(C)C)C(=O)c1cnc(/C=C\C=N)[nH]1.CN(CCOc1ccccc1C(C)(C)C)C(=O)c1n[nH]c2ccc(F)cc12. The van der Waals surface area contributed by atoms with E-state index in [4.69, 9.17) is 30.8 Å². The molecule has 83 heavy (non-hydrogen) atoms. The molecule has 0 aliphatic heterocycles. The van der Waals surface area contributed by atoms with Gasteiger partial charge < -0.3 is 45.0 Å². The number of para-hydroxylation sites is 3. The van der Waals surface area contributed by atoms with E-state index in [1.54, 1.807) is 50.3 Å². The number of aromatic amines is 2. The highest BCUT2D eigenvalue weighted by Gasteiger charge is 2.24. The molecule has 18 heteroatoms. The number of nitrogens with two attached hydrogens (primary N) is 1. The zero-order valence-electron chi connectivity index (χ0n) is 51.5. The number of anilines is 1. The van der Waals surface area contributed by atoms with Gasteiger partial charge in [0.05, 0.1) is 31.3 Å². The molecule has 7 rings (SSSR count). The van der Waals surface area contributed by atoms with Gasteiger partial charge in [0.25, 0.3) is 17.7 Å². The average Bonchev–Trinajstić information content (AvgIpc) is 4.13. The van der Waals surface area contributed by atoms with Crippen LogP contribution in [0.2, 0.25) is 0 Å². The summed E-state index contributed by atoms with van der Waals surface area (Å²) in [5.74, 6) is 1.95. The summed E-state index contributed by atoms with van der Waals surface area (Å²) in [6.45, 7) is 29.5. The molecule has 446 valence electrons. The number of benzene rings is 4. The van der Waals surface area contributed by atoms with Gasteiger partial charge in [0, 0.05) is 44.5 Å². The van der Waals surface area contributed by atoms with Crippen LogP contribution in [0.3, 0.4) is 0 Å². The molecule has 17 nitrogen and oxygen atoms in total. The van der Waals surface area contributed by atoms with Gasteiger partial charge in [0.2, 0.25) is 0 Å². The number of nitrogens with one attached hydrogen (secondary N) is 4. The molecule has 3 amide bonds. The van der Waals surface area contributed by atoms with E-state index in [1.165, 1.54) is 40.4 Å². The number of carbonyl (C=O) groups is 3. The first-order chi connectivity index (χ1) is 39.3. The number of likely N-dealkylation sites (N-methyl/N-ethyl adjacent to an activating group) is 3. The Balaban J connectivity index is 0.000000317. The van der Waals surface area contributed by atoms with Gasteiger partial charge in [0.15, 0.2) is 5.69 Å². The van der Waals surface area contributed by atoms with Crippen molar-refractivity contribution in [2.75, 3.05) is 66.3 Å². The number of hydrogen-bond donors (Lipinski definition) is 5. The molecule has 0 unspecified atom stereocenters. The third-order valence-electron chi connectivity index (χ3n) is 12.4. The third-order valence-corrected chi connectivity index (χ3v) is 12.4. The Morgan fingerprint density at radius 1 is 0.639 bits per heavy atom. The van der Waals surface area contributed by atoms with E-state index >= 15 is 0 Å². The quantitative estimate of drug-likeness (QED) is 0.0510. The Kier molecular flexibility index (Phi) is 27.0. The largest absolute Gasteiger partial charge is 0.491 e. The van der Waals surface area contributed by atoms with Crippen LogP contribution >= 0.6 is 0 Å². The predicted molar refractivity (Wildman–Crippen MR) is 334 cm³/mol. The van der Waals surface area contributed by atoms with Crippen molar-refractivity contribution in [2.45, 2.75) is 106 Å². The maximum atomic E-state index is 13.5. The predicted octanol–water partition coefficient (Wildman–Crippen LogP) is 12.6. The normalized spacial score (nSPS) is 11.0. The number of H-pyrrole nitrogens is 2. The number of imidazole rings is 1. The highest BCUT2D eigenvalue weighted by atomic mass is 19.1. The van der Waals surface area contributed by atoms with E-state index in [-0.39, 0.29) is 45.3 Å². The molecule has 4 aromatic carbocycles. The molecule has 3 heterocycles. The lowest BCUT2D eigenvalue weighted by Crippen LogP contribution is -2.36. The van der Waals surface area contributed by atoms with Gasteiger partial charge in [0.1, 0.15) is 65.9 Å². The number of allylic oxidation sites excluding steroid dienone is 1. The monoisotopic (exact) mass is 1140 g/mol. The van der Waals surface area contributed by atoms with Crippen molar-refractivity contribution in [3.8, 4) is 17.2 Å². The van der Waals surface area contributed by atoms with Gasteiger partial charge in [-0.2, -0.15) is 5.10 Å². The average molecular weight is 1140 g/mol. The van der Waals surface area contributed by atoms with Crippen molar-refractivity contribution in [1.82, 2.24) is 39.8 Å². The lowest BCUT2D eigenvalue weighted by molar-refractivity contribution is -0.123. The molecular weight excluding hydrogens is 1050 g/mol. The zero-order valence-corrected chi connectivity index (χ0v) is 51.5. The van der Waals surface area contributed by atoms with Crippen LogP contribution in [0.15, 0.2) is 122 Å². The van der Waals surface area contributed by atoms with Crippen LogP contribution in [0, 0.1) is 16.6 Å². The number of nitrogen functional groups attached to an aromatic ring is 1. The lowest BCUT2D eigenvalue weighted by Gasteiger charge is -2.24. The second kappa shape index (κ2) is 32.7. The van der Waals surface area contributed by atoms with E-state index in [9.17, 15) is 18.8 Å². The molecule has 0 fully saturated rings. The van der Waals surface area contributed by atoms with E-state index < -0.39 is 11.7 Å². The molecule has 6 N–H and O–H groups in total. The number of amides is 3. The van der Waals surface area contributed by atoms with Gasteiger partial charge in [-0.1, -0.05) is 145 Å². The van der Waals surface area contributed by atoms with Crippen LogP contribution in [0.5, 0.6) is 17.2 Å². The van der Waals surface area contributed by atoms with Gasteiger partial charge in [-0.25, -0.2) is 14.4 Å². The highest BCUT2D eigenvalue weighted by Crippen LogP contribution is 2.33. The summed E-state index contributed by atoms with van der Waals surface area (Å²) in [5, 5.41) is 22.3. The Hall–Kier alpha value is -8.67. The summed E-state index contributed by atoms with van der Waals surface area (Å²) in [5.41, 5.74) is 10.5. The number of carbonyl (C=O) groups excluding carboxylic acids is 3. The number of halogens is 1. The Morgan fingerprint density at radius 3 is 1.55 bits per heavy atom. The van der Waals surface area contributed by atoms with Crippen molar-refractivity contribution in [3.63, 3.8) is 0 Å². The summed E-state index contributed by atoms with van der Waals surface area (Å²) >= 11 is 0. The molecule has 0 atom stereocenters. The Bertz CT molecular complexity index is 3220. The fraction of sp³-hybridized carbons (Fsp3) is 0.385. The molecule has 3 aromatic heterocycles. The molecule has 0 spiro atoms. The Labute approximate surface area is 490 Å². The van der Waals surface area contributed by atoms with Crippen LogP contribution in [-0.4, -0.2) is 130 Å². The van der Waals surface area contributed by atoms with Crippen LogP contribution in [0.4, 0.5) is 10.2 Å². The first kappa shape index (κ1) is 68.6. The number of hydrogen-bond acceptors (Lipinski definition) is 12. The number of pyridine rings is 1. The van der Waals surface area contributed by atoms with Crippen LogP contribution < -0.4 is 19.9 Å². The van der Waals surface area contributed by atoms with E-state index in [1.807, 2.05) is 88.4 Å². The second-order valence-corrected chi connectivity index (χ2v) is 21.7. The van der Waals surface area contributed by atoms with Crippen molar-refractivity contribution in [3.05, 3.63) is 167 Å². The molecule has 0 bridgehead atoms. The summed E-state index contributed by atoms with van der Waals surface area (Å²) in [6, 6.07) is 31.3. The number of ether oxygens (including phenoxy) is 3. The first-order valence-electron chi connectivity index (χ1n) is 27.9. The standard InChI is InChI=1S/C21H24FN3O2.2C20H26N4O2.2C2H6/c1-21(2,3)16-7-5-6-8-18(16)27-12-11-25(4)20(26)19-15-13-14(22)9-10-17(15)23-24-19;1-20(2,3)15-9-5-6-10-16(15)26-13-12-24(4)19(25)17(21)14-8-7-11-23-18(14)22;1-20(2,3)15-8-5-6-9-17(15)26-13-12-24(4)19(25)16-14-22-18(23-16)10-7-11-21;2*1-2/h5-10,13H,11-12H2,1-4H3,(H,23,24);5-11,21H,12-13H2,1-4H3,(H2,22,23);5-11,14,21H,12-13H2,1-4H3,(H,22,23);2*1-2H3/b;;10-7-,21-11?;;. The summed E-state index contributed by atoms with van der Waals surface area (Å²) in [7, 11) is 5.05. The molecule has 0 aliphatic carbocycles. The summed E-state index contributed by atoms with van der Waals surface area (Å²) < 4.78 is 31.2. The minimum Gasteiger partial charge on any atom is -0.491 e. The second-order valence-electron chi connectivity index (χ2n) is 21.7. The first-order valence-corrected chi connectivity index (χ1v) is 27.9. The molecule has 0 radical (unpaired) electrons. The smallest absolute Gasteiger partial charge is 0.274 e. The van der Waals surface area contributed by atoms with Crippen LogP contribution in [-0.2, 0) is 21.0 Å². The fourth-order valence-electron chi connectivity index (χ4n) is 7.96. The number of aromatic nitrogens is 5. The van der Waals surface area contributed by atoms with Gasteiger partial charge in [-0.05, 0) is 93.6 Å². The maximum Gasteiger partial charge on any atom is 0.274 e. The van der Waals surface area contributed by atoms with Gasteiger partial charge in [-0.15, -0.1) is 0 Å². The van der Waals surface area contributed by atoms with Crippen molar-refractivity contribution < 1.29 is 33.0 Å². The fourth-order valence-corrected chi connectivity index (χ4v) is 7.96. The summed E-state index contributed by atoms with van der Waals surface area (Å²) in [4.78, 5) is 53.0. The van der Waals surface area contributed by atoms with E-state index in [0.29, 0.717) is 67.4 Å². The van der Waals surface area contributed by atoms with Crippen LogP contribution in [0.25, 0.3) is 17.0 Å². The minimum absolute atomic E-state index is 0.00533. The third kappa shape index (κ3) is 20.7. The highest BCUT2D eigenvalue weighted by molar-refractivity contribution is 6.44. The molecule has 0 saturated carbocycles. The number of rotatable bonds is 18. The molecule has 7 aromatic rings. The topological polar surface area (TPSA) is 233 Å².